The van der Waals surface area contributed by atoms with Gasteiger partial charge in [0.2, 0.25) is 5.91 Å². The van der Waals surface area contributed by atoms with Crippen LogP contribution in [0.5, 0.6) is 0 Å². The van der Waals surface area contributed by atoms with Crippen molar-refractivity contribution in [2.45, 2.75) is 75.5 Å². The quantitative estimate of drug-likeness (QED) is 0.742. The summed E-state index contributed by atoms with van der Waals surface area (Å²) in [6.45, 7) is 2.70. The van der Waals surface area contributed by atoms with Crippen molar-refractivity contribution in [3.05, 3.63) is 35.9 Å². The summed E-state index contributed by atoms with van der Waals surface area (Å²) in [6, 6.07) is 9.97. The Morgan fingerprint density at radius 1 is 1.17 bits per heavy atom. The van der Waals surface area contributed by atoms with E-state index in [2.05, 4.69) is 17.4 Å². The molecule has 0 radical (unpaired) electrons. The number of aliphatic hydroxyl groups is 1. The summed E-state index contributed by atoms with van der Waals surface area (Å²) in [5.41, 5.74) is 0.930. The van der Waals surface area contributed by atoms with Gasteiger partial charge >= 0.3 is 0 Å². The average Bonchev–Trinajstić information content (AvgIpc) is 2.92. The number of carbonyl (C=O) groups is 2. The highest BCUT2D eigenvalue weighted by atomic mass is 16.5. The minimum Gasteiger partial charge on any atom is -0.391 e. The molecule has 0 aromatic heterocycles. The van der Waals surface area contributed by atoms with Crippen LogP contribution in [0.1, 0.15) is 57.4 Å². The molecular formula is C23H34N2O4. The molecule has 0 bridgehead atoms. The average molecular weight is 403 g/mol. The summed E-state index contributed by atoms with van der Waals surface area (Å²) < 4.78 is 5.67. The number of aliphatic hydroxyl groups excluding tert-OH is 1. The number of rotatable bonds is 5. The summed E-state index contributed by atoms with van der Waals surface area (Å²) in [7, 11) is 1.79. The van der Waals surface area contributed by atoms with Crippen molar-refractivity contribution in [1.82, 2.24) is 10.2 Å². The Morgan fingerprint density at radius 3 is 2.55 bits per heavy atom. The fourth-order valence-corrected chi connectivity index (χ4v) is 4.79. The highest BCUT2D eigenvalue weighted by molar-refractivity contribution is 5.81. The molecule has 3 rings (SSSR count). The van der Waals surface area contributed by atoms with E-state index in [1.807, 2.05) is 18.2 Å². The Hall–Kier alpha value is -1.92. The third-order valence-corrected chi connectivity index (χ3v) is 6.64. The van der Waals surface area contributed by atoms with Gasteiger partial charge in [0.05, 0.1) is 12.1 Å². The Bertz CT molecular complexity index is 689. The molecule has 1 aromatic carbocycles. The molecule has 1 aliphatic carbocycles. The lowest BCUT2D eigenvalue weighted by Crippen LogP contribution is -2.49. The minimum absolute atomic E-state index is 0.0252. The van der Waals surface area contributed by atoms with Crippen LogP contribution in [-0.2, 0) is 19.7 Å². The zero-order chi connectivity index (χ0) is 20.9. The number of likely N-dealkylation sites (N-methyl/N-ethyl adjacent to an activating group) is 1. The van der Waals surface area contributed by atoms with E-state index in [1.165, 1.54) is 12.5 Å². The molecule has 0 spiro atoms. The molecule has 1 saturated heterocycles. The van der Waals surface area contributed by atoms with Crippen LogP contribution in [0, 0.1) is 0 Å². The van der Waals surface area contributed by atoms with Crippen LogP contribution in [0.25, 0.3) is 0 Å². The number of nitrogens with zero attached hydrogens (tertiary/aromatic N) is 1. The summed E-state index contributed by atoms with van der Waals surface area (Å²) in [4.78, 5) is 26.3. The van der Waals surface area contributed by atoms with E-state index in [1.54, 1.807) is 11.9 Å². The topological polar surface area (TPSA) is 78.9 Å². The zero-order valence-corrected chi connectivity index (χ0v) is 17.6. The van der Waals surface area contributed by atoms with Crippen molar-refractivity contribution in [2.75, 3.05) is 20.2 Å². The number of amides is 2. The maximum Gasteiger partial charge on any atom is 0.251 e. The van der Waals surface area contributed by atoms with Gasteiger partial charge in [0, 0.05) is 32.5 Å². The van der Waals surface area contributed by atoms with Crippen LogP contribution >= 0.6 is 0 Å². The molecule has 6 nitrogen and oxygen atoms in total. The molecule has 160 valence electrons. The second-order valence-corrected chi connectivity index (χ2v) is 8.57. The van der Waals surface area contributed by atoms with Gasteiger partial charge < -0.3 is 20.1 Å². The predicted octanol–water partition coefficient (Wildman–Crippen LogP) is 2.39. The molecule has 1 unspecified atom stereocenters. The van der Waals surface area contributed by atoms with Crippen molar-refractivity contribution in [1.29, 1.82) is 0 Å². The molecular weight excluding hydrogens is 368 g/mol. The van der Waals surface area contributed by atoms with Crippen molar-refractivity contribution in [3.63, 3.8) is 0 Å². The Morgan fingerprint density at radius 2 is 1.90 bits per heavy atom. The number of hydrogen-bond donors (Lipinski definition) is 2. The highest BCUT2D eigenvalue weighted by Crippen LogP contribution is 2.39. The van der Waals surface area contributed by atoms with Gasteiger partial charge in [-0.1, -0.05) is 30.3 Å². The number of carbonyl (C=O) groups excluding carboxylic acids is 2. The third kappa shape index (κ3) is 5.17. The maximum atomic E-state index is 12.9. The second kappa shape index (κ2) is 9.72. The van der Waals surface area contributed by atoms with Crippen molar-refractivity contribution >= 4 is 11.8 Å². The lowest BCUT2D eigenvalue weighted by atomic mass is 9.74. The Kier molecular flexibility index (Phi) is 7.30. The molecule has 6 heteroatoms. The van der Waals surface area contributed by atoms with Gasteiger partial charge in [0.25, 0.3) is 5.91 Å². The zero-order valence-electron chi connectivity index (χ0n) is 17.6. The lowest BCUT2D eigenvalue weighted by molar-refractivity contribution is -0.149. The minimum atomic E-state index is -0.588. The smallest absolute Gasteiger partial charge is 0.251 e. The van der Waals surface area contributed by atoms with E-state index in [0.29, 0.717) is 26.0 Å². The summed E-state index contributed by atoms with van der Waals surface area (Å²) in [6.07, 6.45) is 4.61. The van der Waals surface area contributed by atoms with Crippen LogP contribution in [0.4, 0.5) is 0 Å². The first kappa shape index (κ1) is 21.8. The Labute approximate surface area is 173 Å². The van der Waals surface area contributed by atoms with Crippen molar-refractivity contribution in [2.24, 2.45) is 0 Å². The molecule has 1 aromatic rings. The molecule has 2 N–H and O–H groups in total. The van der Waals surface area contributed by atoms with E-state index in [-0.39, 0.29) is 29.4 Å². The van der Waals surface area contributed by atoms with Crippen LogP contribution in [-0.4, -0.2) is 60.3 Å². The van der Waals surface area contributed by atoms with Crippen LogP contribution < -0.4 is 5.32 Å². The maximum absolute atomic E-state index is 12.9. The Balaban J connectivity index is 1.77. The molecule has 29 heavy (non-hydrogen) atoms. The lowest BCUT2D eigenvalue weighted by Gasteiger charge is -2.35. The highest BCUT2D eigenvalue weighted by Gasteiger charge is 2.41. The van der Waals surface area contributed by atoms with Gasteiger partial charge in [-0.15, -0.1) is 0 Å². The largest absolute Gasteiger partial charge is 0.391 e. The molecule has 2 amide bonds. The fourth-order valence-electron chi connectivity index (χ4n) is 4.79. The van der Waals surface area contributed by atoms with Gasteiger partial charge in [0.15, 0.2) is 0 Å². The molecule has 1 aliphatic heterocycles. The molecule has 2 aliphatic rings. The van der Waals surface area contributed by atoms with E-state index >= 15 is 0 Å². The molecule has 1 saturated carbocycles. The van der Waals surface area contributed by atoms with E-state index in [4.69, 9.17) is 4.74 Å². The van der Waals surface area contributed by atoms with Crippen LogP contribution in [0.3, 0.4) is 0 Å². The summed E-state index contributed by atoms with van der Waals surface area (Å²) in [5, 5.41) is 13.9. The van der Waals surface area contributed by atoms with Crippen molar-refractivity contribution < 1.29 is 19.4 Å². The van der Waals surface area contributed by atoms with Gasteiger partial charge in [0.1, 0.15) is 6.10 Å². The first-order valence-electron chi connectivity index (χ1n) is 10.8. The first-order valence-corrected chi connectivity index (χ1v) is 10.8. The monoisotopic (exact) mass is 402 g/mol. The molecule has 4 atom stereocenters. The van der Waals surface area contributed by atoms with Crippen LogP contribution in [0.15, 0.2) is 30.3 Å². The van der Waals surface area contributed by atoms with Gasteiger partial charge in [-0.25, -0.2) is 0 Å². The summed E-state index contributed by atoms with van der Waals surface area (Å²) >= 11 is 0. The number of hydrogen-bond acceptors (Lipinski definition) is 4. The molecule has 1 heterocycles. The number of benzene rings is 1. The van der Waals surface area contributed by atoms with Crippen molar-refractivity contribution in [3.8, 4) is 0 Å². The van der Waals surface area contributed by atoms with Gasteiger partial charge in [-0.05, 0) is 50.5 Å². The fraction of sp³-hybridized carbons (Fsp3) is 0.652. The van der Waals surface area contributed by atoms with E-state index < -0.39 is 6.10 Å². The van der Waals surface area contributed by atoms with Gasteiger partial charge in [-0.3, -0.25) is 9.59 Å². The van der Waals surface area contributed by atoms with Crippen LogP contribution in [0.2, 0.25) is 0 Å². The first-order chi connectivity index (χ1) is 13.9. The number of nitrogens with one attached hydrogen (secondary N) is 1. The van der Waals surface area contributed by atoms with E-state index in [9.17, 15) is 14.7 Å². The second-order valence-electron chi connectivity index (χ2n) is 8.57. The number of ether oxygens (including phenoxy) is 1. The summed E-state index contributed by atoms with van der Waals surface area (Å²) in [5.74, 6) is -0.0776. The molecule has 2 fully saturated rings. The standard InChI is InChI=1S/C23H34N2O4/c1-17(26)24-16-23(18-8-4-3-5-9-18)13-11-19(20(27)12-14-23)25(2)22(28)21-10-6-7-15-29-21/h3-5,8-9,19-21,27H,6-7,10-16H2,1-2H3,(H,24,26)/t19-,20-,21?,23-/m1/s1. The van der Waals surface area contributed by atoms with E-state index in [0.717, 1.165) is 32.1 Å². The third-order valence-electron chi connectivity index (χ3n) is 6.64. The predicted molar refractivity (Wildman–Crippen MR) is 111 cm³/mol. The normalized spacial score (nSPS) is 30.2. The SMILES string of the molecule is CC(=O)NC[C@]1(c2ccccc2)CC[C@@H](O)[C@H](N(C)C(=O)C2CCCCO2)CC1. The van der Waals surface area contributed by atoms with Gasteiger partial charge in [-0.2, -0.15) is 0 Å².